The normalized spacial score (nSPS) is 29.2. The Kier molecular flexibility index (Phi) is 3.54. The van der Waals surface area contributed by atoms with Crippen molar-refractivity contribution in [1.29, 1.82) is 0 Å². The first kappa shape index (κ1) is 13.0. The van der Waals surface area contributed by atoms with Gasteiger partial charge in [0.15, 0.2) is 0 Å². The van der Waals surface area contributed by atoms with E-state index in [0.717, 1.165) is 38.5 Å². The van der Waals surface area contributed by atoms with Crippen LogP contribution in [0, 0.1) is 23.5 Å². The molecular weight excluding hydrogens is 246 g/mol. The molecule has 0 amide bonds. The van der Waals surface area contributed by atoms with Gasteiger partial charge in [0.2, 0.25) is 0 Å². The SMILES string of the molecule is CC(c1cc(F)ccc1F)N1CCC2CNCC2C1. The van der Waals surface area contributed by atoms with Gasteiger partial charge >= 0.3 is 0 Å². The summed E-state index contributed by atoms with van der Waals surface area (Å²) in [7, 11) is 0. The molecule has 2 fully saturated rings. The number of piperidine rings is 1. The van der Waals surface area contributed by atoms with E-state index in [9.17, 15) is 8.78 Å². The predicted octanol–water partition coefficient (Wildman–Crippen LogP) is 2.57. The first-order valence-electron chi connectivity index (χ1n) is 7.05. The molecule has 1 aromatic carbocycles. The highest BCUT2D eigenvalue weighted by atomic mass is 19.1. The van der Waals surface area contributed by atoms with Crippen molar-refractivity contribution in [1.82, 2.24) is 10.2 Å². The van der Waals surface area contributed by atoms with Crippen LogP contribution in [0.3, 0.4) is 0 Å². The highest BCUT2D eigenvalue weighted by Gasteiger charge is 2.34. The van der Waals surface area contributed by atoms with E-state index in [2.05, 4.69) is 10.2 Å². The van der Waals surface area contributed by atoms with Gasteiger partial charge in [-0.15, -0.1) is 0 Å². The molecule has 1 aromatic rings. The molecule has 2 nitrogen and oxygen atoms in total. The largest absolute Gasteiger partial charge is 0.316 e. The second kappa shape index (κ2) is 5.17. The summed E-state index contributed by atoms with van der Waals surface area (Å²) in [6.45, 7) is 6.09. The van der Waals surface area contributed by atoms with Gasteiger partial charge in [0.05, 0.1) is 0 Å². The smallest absolute Gasteiger partial charge is 0.128 e. The van der Waals surface area contributed by atoms with Crippen LogP contribution in [0.5, 0.6) is 0 Å². The zero-order valence-electron chi connectivity index (χ0n) is 11.2. The Morgan fingerprint density at radius 3 is 2.89 bits per heavy atom. The van der Waals surface area contributed by atoms with Crippen molar-refractivity contribution in [2.24, 2.45) is 11.8 Å². The minimum atomic E-state index is -0.360. The fraction of sp³-hybridized carbons (Fsp3) is 0.600. The lowest BCUT2D eigenvalue weighted by Crippen LogP contribution is -2.41. The molecule has 3 atom stereocenters. The van der Waals surface area contributed by atoms with Gasteiger partial charge in [-0.25, -0.2) is 8.78 Å². The van der Waals surface area contributed by atoms with Crippen molar-refractivity contribution in [2.75, 3.05) is 26.2 Å². The minimum Gasteiger partial charge on any atom is -0.316 e. The Hall–Kier alpha value is -1.00. The van der Waals surface area contributed by atoms with Gasteiger partial charge in [0, 0.05) is 18.2 Å². The molecule has 0 aliphatic carbocycles. The van der Waals surface area contributed by atoms with E-state index < -0.39 is 0 Å². The molecule has 2 aliphatic heterocycles. The molecule has 2 aliphatic rings. The van der Waals surface area contributed by atoms with Gasteiger partial charge in [-0.1, -0.05) is 0 Å². The molecule has 0 saturated carbocycles. The maximum Gasteiger partial charge on any atom is 0.128 e. The van der Waals surface area contributed by atoms with Crippen LogP contribution in [0.2, 0.25) is 0 Å². The number of halogens is 2. The van der Waals surface area contributed by atoms with Crippen LogP contribution in [0.4, 0.5) is 8.78 Å². The van der Waals surface area contributed by atoms with Gasteiger partial charge < -0.3 is 5.32 Å². The van der Waals surface area contributed by atoms with Crippen molar-refractivity contribution in [3.05, 3.63) is 35.4 Å². The predicted molar refractivity (Wildman–Crippen MR) is 70.8 cm³/mol. The Labute approximate surface area is 112 Å². The van der Waals surface area contributed by atoms with E-state index in [-0.39, 0.29) is 17.7 Å². The average Bonchev–Trinajstić information content (AvgIpc) is 2.88. The zero-order valence-corrected chi connectivity index (χ0v) is 11.2. The molecular formula is C15H20F2N2. The molecule has 0 radical (unpaired) electrons. The lowest BCUT2D eigenvalue weighted by atomic mass is 9.87. The van der Waals surface area contributed by atoms with E-state index in [0.29, 0.717) is 11.5 Å². The maximum atomic E-state index is 13.8. The molecule has 0 spiro atoms. The Morgan fingerprint density at radius 2 is 2.05 bits per heavy atom. The fourth-order valence-corrected chi connectivity index (χ4v) is 3.45. The summed E-state index contributed by atoms with van der Waals surface area (Å²) < 4.78 is 27.1. The molecule has 0 aromatic heterocycles. The number of fused-ring (bicyclic) bond motifs is 1. The van der Waals surface area contributed by atoms with Gasteiger partial charge in [0.25, 0.3) is 0 Å². The zero-order chi connectivity index (χ0) is 13.4. The van der Waals surface area contributed by atoms with Crippen molar-refractivity contribution >= 4 is 0 Å². The van der Waals surface area contributed by atoms with Gasteiger partial charge in [-0.2, -0.15) is 0 Å². The molecule has 2 heterocycles. The number of hydrogen-bond acceptors (Lipinski definition) is 2. The number of rotatable bonds is 2. The summed E-state index contributed by atoms with van der Waals surface area (Å²) in [4.78, 5) is 2.28. The number of benzene rings is 1. The van der Waals surface area contributed by atoms with Crippen LogP contribution in [0.1, 0.15) is 24.9 Å². The number of nitrogens with zero attached hydrogens (tertiary/aromatic N) is 1. The molecule has 3 unspecified atom stereocenters. The Balaban J connectivity index is 1.76. The minimum absolute atomic E-state index is 0.0581. The quantitative estimate of drug-likeness (QED) is 0.885. The highest BCUT2D eigenvalue weighted by molar-refractivity contribution is 5.22. The second-order valence-corrected chi connectivity index (χ2v) is 5.80. The number of likely N-dealkylation sites (tertiary alicyclic amines) is 1. The van der Waals surface area contributed by atoms with Crippen LogP contribution >= 0.6 is 0 Å². The van der Waals surface area contributed by atoms with Crippen LogP contribution in [-0.2, 0) is 0 Å². The molecule has 2 saturated heterocycles. The first-order valence-corrected chi connectivity index (χ1v) is 7.05. The molecule has 4 heteroatoms. The first-order chi connectivity index (χ1) is 9.15. The third-order valence-electron chi connectivity index (χ3n) is 4.69. The highest BCUT2D eigenvalue weighted by Crippen LogP contribution is 2.32. The molecule has 19 heavy (non-hydrogen) atoms. The van der Waals surface area contributed by atoms with Crippen molar-refractivity contribution in [2.45, 2.75) is 19.4 Å². The molecule has 1 N–H and O–H groups in total. The van der Waals surface area contributed by atoms with E-state index in [1.165, 1.54) is 18.2 Å². The number of hydrogen-bond donors (Lipinski definition) is 1. The summed E-state index contributed by atoms with van der Waals surface area (Å²) in [6.07, 6.45) is 1.15. The Bertz CT molecular complexity index is 463. The van der Waals surface area contributed by atoms with Gasteiger partial charge in [-0.05, 0) is 63.0 Å². The molecule has 3 rings (SSSR count). The maximum absolute atomic E-state index is 13.8. The van der Waals surface area contributed by atoms with E-state index in [1.54, 1.807) is 0 Å². The van der Waals surface area contributed by atoms with Crippen LogP contribution in [0.15, 0.2) is 18.2 Å². The van der Waals surface area contributed by atoms with Crippen LogP contribution in [-0.4, -0.2) is 31.1 Å². The topological polar surface area (TPSA) is 15.3 Å². The third-order valence-corrected chi connectivity index (χ3v) is 4.69. The van der Waals surface area contributed by atoms with E-state index >= 15 is 0 Å². The Morgan fingerprint density at radius 1 is 1.26 bits per heavy atom. The van der Waals surface area contributed by atoms with Gasteiger partial charge in [-0.3, -0.25) is 4.90 Å². The standard InChI is InChI=1S/C15H20F2N2/c1-10(14-6-13(16)2-3-15(14)17)19-5-4-11-7-18-8-12(11)9-19/h2-3,6,10-12,18H,4-5,7-9H2,1H3. The van der Waals surface area contributed by atoms with Gasteiger partial charge in [0.1, 0.15) is 11.6 Å². The fourth-order valence-electron chi connectivity index (χ4n) is 3.45. The van der Waals surface area contributed by atoms with Crippen molar-refractivity contribution in [3.8, 4) is 0 Å². The lowest BCUT2D eigenvalue weighted by Gasteiger charge is -2.38. The van der Waals surface area contributed by atoms with E-state index in [4.69, 9.17) is 0 Å². The summed E-state index contributed by atoms with van der Waals surface area (Å²) in [6, 6.07) is 3.68. The summed E-state index contributed by atoms with van der Waals surface area (Å²) in [5.74, 6) is 0.759. The van der Waals surface area contributed by atoms with Crippen LogP contribution in [0.25, 0.3) is 0 Å². The number of nitrogens with one attached hydrogen (secondary N) is 1. The summed E-state index contributed by atoms with van der Waals surface area (Å²) in [5, 5.41) is 3.42. The summed E-state index contributed by atoms with van der Waals surface area (Å²) >= 11 is 0. The van der Waals surface area contributed by atoms with Crippen molar-refractivity contribution < 1.29 is 8.78 Å². The van der Waals surface area contributed by atoms with E-state index in [1.807, 2.05) is 6.92 Å². The average molecular weight is 266 g/mol. The second-order valence-electron chi connectivity index (χ2n) is 5.80. The van der Waals surface area contributed by atoms with Crippen LogP contribution < -0.4 is 5.32 Å². The summed E-state index contributed by atoms with van der Waals surface area (Å²) in [5.41, 5.74) is 0.476. The van der Waals surface area contributed by atoms with Crippen molar-refractivity contribution in [3.63, 3.8) is 0 Å². The lowest BCUT2D eigenvalue weighted by molar-refractivity contribution is 0.109. The third kappa shape index (κ3) is 2.51. The molecule has 104 valence electrons. The monoisotopic (exact) mass is 266 g/mol. The molecule has 0 bridgehead atoms.